The van der Waals surface area contributed by atoms with E-state index in [1.165, 1.54) is 0 Å². The number of benzene rings is 2. The van der Waals surface area contributed by atoms with Gasteiger partial charge < -0.3 is 4.42 Å². The fourth-order valence-electron chi connectivity index (χ4n) is 2.24. The summed E-state index contributed by atoms with van der Waals surface area (Å²) in [6, 6.07) is 15.1. The van der Waals surface area contributed by atoms with Gasteiger partial charge in [-0.25, -0.2) is 4.79 Å². The van der Waals surface area contributed by atoms with Crippen molar-refractivity contribution >= 4 is 22.6 Å². The molecule has 0 saturated heterocycles. The molecule has 0 bridgehead atoms. The Labute approximate surface area is 115 Å². The molecule has 1 aromatic heterocycles. The van der Waals surface area contributed by atoms with Crippen LogP contribution in [0.1, 0.15) is 5.56 Å². The largest absolute Gasteiger partial charge is 0.422 e. The lowest BCUT2D eigenvalue weighted by Gasteiger charge is -2.09. The van der Waals surface area contributed by atoms with Gasteiger partial charge in [-0.2, -0.15) is 0 Å². The van der Waals surface area contributed by atoms with Crippen LogP contribution < -0.4 is 5.63 Å². The third-order valence-electron chi connectivity index (χ3n) is 3.16. The van der Waals surface area contributed by atoms with E-state index in [-0.39, 0.29) is 5.63 Å². The molecule has 94 valence electrons. The van der Waals surface area contributed by atoms with E-state index in [2.05, 4.69) is 0 Å². The van der Waals surface area contributed by atoms with Crippen LogP contribution in [0.5, 0.6) is 0 Å². The molecular formula is C16H11ClO2. The van der Waals surface area contributed by atoms with Crippen molar-refractivity contribution in [2.45, 2.75) is 6.92 Å². The molecule has 2 nitrogen and oxygen atoms in total. The van der Waals surface area contributed by atoms with E-state index in [0.29, 0.717) is 16.2 Å². The molecule has 0 spiro atoms. The SMILES string of the molecule is Cc1c(-c2ccccc2)c2cc(Cl)ccc2oc1=O. The van der Waals surface area contributed by atoms with Gasteiger partial charge in [-0.3, -0.25) is 0 Å². The van der Waals surface area contributed by atoms with Crippen molar-refractivity contribution in [3.63, 3.8) is 0 Å². The molecule has 0 aliphatic heterocycles. The summed E-state index contributed by atoms with van der Waals surface area (Å²) < 4.78 is 5.30. The van der Waals surface area contributed by atoms with Gasteiger partial charge in [0.15, 0.2) is 0 Å². The summed E-state index contributed by atoms with van der Waals surface area (Å²) in [6.07, 6.45) is 0. The highest BCUT2D eigenvalue weighted by atomic mass is 35.5. The van der Waals surface area contributed by atoms with Gasteiger partial charge in [-0.1, -0.05) is 41.9 Å². The van der Waals surface area contributed by atoms with Crippen molar-refractivity contribution in [2.75, 3.05) is 0 Å². The molecule has 0 saturated carbocycles. The van der Waals surface area contributed by atoms with E-state index in [9.17, 15) is 4.79 Å². The van der Waals surface area contributed by atoms with Gasteiger partial charge in [-0.15, -0.1) is 0 Å². The molecule has 3 aromatic rings. The maximum atomic E-state index is 11.9. The van der Waals surface area contributed by atoms with Crippen LogP contribution in [0.2, 0.25) is 5.02 Å². The second kappa shape index (κ2) is 4.56. The minimum Gasteiger partial charge on any atom is -0.422 e. The molecule has 2 aromatic carbocycles. The van der Waals surface area contributed by atoms with E-state index in [1.54, 1.807) is 19.1 Å². The minimum absolute atomic E-state index is 0.311. The summed E-state index contributed by atoms with van der Waals surface area (Å²) in [5.41, 5.74) is 2.71. The molecule has 3 rings (SSSR count). The molecule has 0 radical (unpaired) electrons. The Morgan fingerprint density at radius 2 is 1.79 bits per heavy atom. The van der Waals surface area contributed by atoms with Crippen molar-refractivity contribution in [3.05, 3.63) is 69.5 Å². The van der Waals surface area contributed by atoms with E-state index >= 15 is 0 Å². The molecule has 0 aliphatic carbocycles. The van der Waals surface area contributed by atoms with E-state index in [0.717, 1.165) is 16.5 Å². The topological polar surface area (TPSA) is 30.2 Å². The van der Waals surface area contributed by atoms with Gasteiger partial charge in [0.05, 0.1) is 0 Å². The molecule has 3 heteroatoms. The van der Waals surface area contributed by atoms with Crippen molar-refractivity contribution in [3.8, 4) is 11.1 Å². The van der Waals surface area contributed by atoms with E-state index in [4.69, 9.17) is 16.0 Å². The van der Waals surface area contributed by atoms with Gasteiger partial charge in [0.25, 0.3) is 0 Å². The summed E-state index contributed by atoms with van der Waals surface area (Å²) in [4.78, 5) is 11.9. The highest BCUT2D eigenvalue weighted by molar-refractivity contribution is 6.31. The lowest BCUT2D eigenvalue weighted by molar-refractivity contribution is 0.556. The quantitative estimate of drug-likeness (QED) is 0.613. The Morgan fingerprint density at radius 3 is 2.53 bits per heavy atom. The molecule has 0 aliphatic rings. The molecule has 19 heavy (non-hydrogen) atoms. The van der Waals surface area contributed by atoms with Gasteiger partial charge in [0.1, 0.15) is 5.58 Å². The highest BCUT2D eigenvalue weighted by Gasteiger charge is 2.12. The number of fused-ring (bicyclic) bond motifs is 1. The van der Waals surface area contributed by atoms with Gasteiger partial charge in [-0.05, 0) is 30.7 Å². The Kier molecular flexibility index (Phi) is 2.88. The lowest BCUT2D eigenvalue weighted by atomic mass is 9.98. The predicted molar refractivity (Wildman–Crippen MR) is 77.7 cm³/mol. The first-order chi connectivity index (χ1) is 9.16. The predicted octanol–water partition coefficient (Wildman–Crippen LogP) is 4.42. The van der Waals surface area contributed by atoms with Crippen molar-refractivity contribution in [1.29, 1.82) is 0 Å². The zero-order chi connectivity index (χ0) is 13.4. The molecule has 0 unspecified atom stereocenters. The van der Waals surface area contributed by atoms with Crippen molar-refractivity contribution < 1.29 is 4.42 Å². The molecule has 1 heterocycles. The summed E-state index contributed by atoms with van der Waals surface area (Å²) in [5.74, 6) is 0. The summed E-state index contributed by atoms with van der Waals surface area (Å²) in [7, 11) is 0. The van der Waals surface area contributed by atoms with E-state index < -0.39 is 0 Å². The molecular weight excluding hydrogens is 260 g/mol. The van der Waals surface area contributed by atoms with Crippen LogP contribution in [0.3, 0.4) is 0 Å². The van der Waals surface area contributed by atoms with Crippen molar-refractivity contribution in [2.24, 2.45) is 0 Å². The molecule has 0 amide bonds. The minimum atomic E-state index is -0.311. The van der Waals surface area contributed by atoms with Crippen LogP contribution in [-0.4, -0.2) is 0 Å². The second-order valence-corrected chi connectivity index (χ2v) is 4.83. The Hall–Kier alpha value is -2.06. The number of halogens is 1. The number of hydrogen-bond donors (Lipinski definition) is 0. The summed E-state index contributed by atoms with van der Waals surface area (Å²) in [5, 5.41) is 1.48. The lowest BCUT2D eigenvalue weighted by Crippen LogP contribution is -2.05. The van der Waals surface area contributed by atoms with Crippen LogP contribution in [0.4, 0.5) is 0 Å². The third kappa shape index (κ3) is 2.04. The first-order valence-electron chi connectivity index (χ1n) is 5.95. The summed E-state index contributed by atoms with van der Waals surface area (Å²) in [6.45, 7) is 1.77. The summed E-state index contributed by atoms with van der Waals surface area (Å²) >= 11 is 6.05. The van der Waals surface area contributed by atoms with Crippen LogP contribution in [0.15, 0.2) is 57.7 Å². The van der Waals surface area contributed by atoms with Crippen LogP contribution >= 0.6 is 11.6 Å². The number of hydrogen-bond acceptors (Lipinski definition) is 2. The highest BCUT2D eigenvalue weighted by Crippen LogP contribution is 2.31. The molecule has 0 N–H and O–H groups in total. The van der Waals surface area contributed by atoms with Crippen LogP contribution in [0, 0.1) is 6.92 Å². The Morgan fingerprint density at radius 1 is 1.05 bits per heavy atom. The number of rotatable bonds is 1. The van der Waals surface area contributed by atoms with Gasteiger partial charge >= 0.3 is 5.63 Å². The Bertz CT molecular complexity index is 804. The first-order valence-corrected chi connectivity index (χ1v) is 6.33. The molecule has 0 atom stereocenters. The average molecular weight is 271 g/mol. The third-order valence-corrected chi connectivity index (χ3v) is 3.39. The van der Waals surface area contributed by atoms with E-state index in [1.807, 2.05) is 36.4 Å². The standard InChI is InChI=1S/C16H11ClO2/c1-10-15(11-5-3-2-4-6-11)13-9-12(17)7-8-14(13)19-16(10)18/h2-9H,1H3. The fraction of sp³-hybridized carbons (Fsp3) is 0.0625. The Balaban J connectivity index is 2.48. The zero-order valence-electron chi connectivity index (χ0n) is 10.3. The van der Waals surface area contributed by atoms with Crippen molar-refractivity contribution in [1.82, 2.24) is 0 Å². The van der Waals surface area contributed by atoms with Crippen LogP contribution in [-0.2, 0) is 0 Å². The second-order valence-electron chi connectivity index (χ2n) is 4.40. The maximum Gasteiger partial charge on any atom is 0.339 e. The molecule has 0 fully saturated rings. The van der Waals surface area contributed by atoms with Gasteiger partial charge in [0, 0.05) is 21.5 Å². The first kappa shape index (κ1) is 12.0. The zero-order valence-corrected chi connectivity index (χ0v) is 11.1. The monoisotopic (exact) mass is 270 g/mol. The van der Waals surface area contributed by atoms with Gasteiger partial charge in [0.2, 0.25) is 0 Å². The maximum absolute atomic E-state index is 11.9. The fourth-order valence-corrected chi connectivity index (χ4v) is 2.42. The smallest absolute Gasteiger partial charge is 0.339 e. The average Bonchev–Trinajstić information content (AvgIpc) is 2.42. The normalized spacial score (nSPS) is 10.8. The van der Waals surface area contributed by atoms with Crippen LogP contribution in [0.25, 0.3) is 22.1 Å².